The lowest BCUT2D eigenvalue weighted by atomic mass is 10.1. The van der Waals surface area contributed by atoms with Crippen molar-refractivity contribution in [1.82, 2.24) is 9.97 Å². The van der Waals surface area contributed by atoms with Crippen molar-refractivity contribution in [2.75, 3.05) is 17.7 Å². The van der Waals surface area contributed by atoms with Gasteiger partial charge in [0.1, 0.15) is 5.75 Å². The molecule has 0 fully saturated rings. The topological polar surface area (TPSA) is 76.1 Å². The fourth-order valence-corrected chi connectivity index (χ4v) is 2.76. The van der Waals surface area contributed by atoms with Crippen LogP contribution in [-0.2, 0) is 6.54 Å². The quantitative estimate of drug-likeness (QED) is 0.694. The van der Waals surface area contributed by atoms with Gasteiger partial charge in [0.25, 0.3) is 5.91 Å². The first-order chi connectivity index (χ1) is 13.1. The summed E-state index contributed by atoms with van der Waals surface area (Å²) in [6.45, 7) is 4.45. The standard InChI is InChI=1S/C21H22N4O2/c1-14-7-6-8-15(2)19(14)25-20(26)17-12-23-21(24-13-17)22-11-16-9-4-5-10-18(16)27-3/h4-10,12-13H,11H2,1-3H3,(H,25,26)(H,22,23,24). The van der Waals surface area contributed by atoms with Gasteiger partial charge in [-0.05, 0) is 31.0 Å². The molecular formula is C21H22N4O2. The van der Waals surface area contributed by atoms with Gasteiger partial charge in [0.2, 0.25) is 5.95 Å². The van der Waals surface area contributed by atoms with Crippen molar-refractivity contribution in [1.29, 1.82) is 0 Å². The number of hydrogen-bond donors (Lipinski definition) is 2. The summed E-state index contributed by atoms with van der Waals surface area (Å²) in [6.07, 6.45) is 3.03. The van der Waals surface area contributed by atoms with E-state index in [-0.39, 0.29) is 5.91 Å². The number of carbonyl (C=O) groups is 1. The van der Waals surface area contributed by atoms with E-state index in [1.54, 1.807) is 7.11 Å². The first kappa shape index (κ1) is 18.4. The summed E-state index contributed by atoms with van der Waals surface area (Å²) >= 11 is 0. The second-order valence-corrected chi connectivity index (χ2v) is 6.18. The van der Waals surface area contributed by atoms with Crippen LogP contribution in [-0.4, -0.2) is 23.0 Å². The molecule has 2 aromatic carbocycles. The Labute approximate surface area is 158 Å². The number of hydrogen-bond acceptors (Lipinski definition) is 5. The van der Waals surface area contributed by atoms with Crippen molar-refractivity contribution in [3.05, 3.63) is 77.1 Å². The maximum atomic E-state index is 12.5. The average Bonchev–Trinajstić information content (AvgIpc) is 2.69. The molecule has 6 heteroatoms. The Kier molecular flexibility index (Phi) is 5.66. The molecular weight excluding hydrogens is 340 g/mol. The lowest BCUT2D eigenvalue weighted by molar-refractivity contribution is 0.102. The van der Waals surface area contributed by atoms with Crippen LogP contribution >= 0.6 is 0 Å². The third-order valence-corrected chi connectivity index (χ3v) is 4.26. The summed E-state index contributed by atoms with van der Waals surface area (Å²) in [7, 11) is 1.64. The number of benzene rings is 2. The summed E-state index contributed by atoms with van der Waals surface area (Å²) in [5.74, 6) is 1.02. The summed E-state index contributed by atoms with van der Waals surface area (Å²) in [4.78, 5) is 20.9. The van der Waals surface area contributed by atoms with Crippen LogP contribution in [0.2, 0.25) is 0 Å². The highest BCUT2D eigenvalue weighted by Gasteiger charge is 2.11. The number of amides is 1. The fourth-order valence-electron chi connectivity index (χ4n) is 2.76. The van der Waals surface area contributed by atoms with E-state index >= 15 is 0 Å². The first-order valence-electron chi connectivity index (χ1n) is 8.64. The second kappa shape index (κ2) is 8.31. The molecule has 138 valence electrons. The molecule has 0 spiro atoms. The number of para-hydroxylation sites is 2. The zero-order chi connectivity index (χ0) is 19.2. The number of aromatic nitrogens is 2. The Bertz CT molecular complexity index is 919. The van der Waals surface area contributed by atoms with Gasteiger partial charge in [-0.25, -0.2) is 9.97 Å². The number of anilines is 2. The minimum atomic E-state index is -0.233. The number of nitrogens with one attached hydrogen (secondary N) is 2. The SMILES string of the molecule is COc1ccccc1CNc1ncc(C(=O)Nc2c(C)cccc2C)cn1. The molecule has 0 aliphatic heterocycles. The molecule has 0 unspecified atom stereocenters. The molecule has 0 saturated carbocycles. The van der Waals surface area contributed by atoms with Crippen LogP contribution in [0.25, 0.3) is 0 Å². The van der Waals surface area contributed by atoms with E-state index < -0.39 is 0 Å². The smallest absolute Gasteiger partial charge is 0.258 e. The maximum Gasteiger partial charge on any atom is 0.258 e. The van der Waals surface area contributed by atoms with Crippen molar-refractivity contribution < 1.29 is 9.53 Å². The van der Waals surface area contributed by atoms with Crippen LogP contribution in [0, 0.1) is 13.8 Å². The van der Waals surface area contributed by atoms with Crippen molar-refractivity contribution in [2.45, 2.75) is 20.4 Å². The van der Waals surface area contributed by atoms with Gasteiger partial charge in [0, 0.05) is 30.2 Å². The number of aryl methyl sites for hydroxylation is 2. The average molecular weight is 362 g/mol. The Morgan fingerprint density at radius 3 is 2.33 bits per heavy atom. The summed E-state index contributed by atoms with van der Waals surface area (Å²) in [5.41, 5.74) is 4.25. The molecule has 27 heavy (non-hydrogen) atoms. The Hall–Kier alpha value is -3.41. The number of ether oxygens (including phenoxy) is 1. The predicted molar refractivity (Wildman–Crippen MR) is 106 cm³/mol. The number of nitrogens with zero attached hydrogens (tertiary/aromatic N) is 2. The first-order valence-corrected chi connectivity index (χ1v) is 8.64. The van der Waals surface area contributed by atoms with Gasteiger partial charge in [-0.2, -0.15) is 0 Å². The van der Waals surface area contributed by atoms with Crippen LogP contribution in [0.3, 0.4) is 0 Å². The van der Waals surface area contributed by atoms with Gasteiger partial charge in [0.05, 0.1) is 12.7 Å². The van der Waals surface area contributed by atoms with Crippen molar-refractivity contribution in [3.8, 4) is 5.75 Å². The third kappa shape index (κ3) is 4.41. The Balaban J connectivity index is 1.65. The molecule has 0 radical (unpaired) electrons. The number of carbonyl (C=O) groups excluding carboxylic acids is 1. The van der Waals surface area contributed by atoms with E-state index in [4.69, 9.17) is 4.74 Å². The summed E-state index contributed by atoms with van der Waals surface area (Å²) in [6, 6.07) is 13.6. The lowest BCUT2D eigenvalue weighted by Crippen LogP contribution is -2.15. The minimum absolute atomic E-state index is 0.233. The van der Waals surface area contributed by atoms with Crippen LogP contribution in [0.4, 0.5) is 11.6 Å². The molecule has 1 aromatic heterocycles. The van der Waals surface area contributed by atoms with Gasteiger partial charge in [-0.3, -0.25) is 4.79 Å². The van der Waals surface area contributed by atoms with Crippen molar-refractivity contribution >= 4 is 17.5 Å². The molecule has 1 heterocycles. The molecule has 0 aliphatic rings. The molecule has 0 atom stereocenters. The zero-order valence-corrected chi connectivity index (χ0v) is 15.6. The van der Waals surface area contributed by atoms with E-state index in [1.165, 1.54) is 12.4 Å². The van der Waals surface area contributed by atoms with Crippen LogP contribution in [0.1, 0.15) is 27.0 Å². The zero-order valence-electron chi connectivity index (χ0n) is 15.6. The van der Waals surface area contributed by atoms with Crippen molar-refractivity contribution in [3.63, 3.8) is 0 Å². The fraction of sp³-hybridized carbons (Fsp3) is 0.190. The van der Waals surface area contributed by atoms with E-state index in [0.29, 0.717) is 18.1 Å². The highest BCUT2D eigenvalue weighted by molar-refractivity contribution is 6.04. The Morgan fingerprint density at radius 1 is 1.00 bits per heavy atom. The molecule has 0 aliphatic carbocycles. The largest absolute Gasteiger partial charge is 0.496 e. The van der Waals surface area contributed by atoms with Crippen LogP contribution in [0.5, 0.6) is 5.75 Å². The monoisotopic (exact) mass is 362 g/mol. The molecule has 3 rings (SSSR count). The molecule has 0 saturated heterocycles. The normalized spacial score (nSPS) is 10.3. The molecule has 1 amide bonds. The minimum Gasteiger partial charge on any atom is -0.496 e. The highest BCUT2D eigenvalue weighted by Crippen LogP contribution is 2.20. The van der Waals surface area contributed by atoms with E-state index in [1.807, 2.05) is 56.3 Å². The number of methoxy groups -OCH3 is 1. The maximum absolute atomic E-state index is 12.5. The van der Waals surface area contributed by atoms with Gasteiger partial charge >= 0.3 is 0 Å². The highest BCUT2D eigenvalue weighted by atomic mass is 16.5. The van der Waals surface area contributed by atoms with E-state index in [9.17, 15) is 4.79 Å². The van der Waals surface area contributed by atoms with E-state index in [0.717, 1.165) is 28.1 Å². The molecule has 0 bridgehead atoms. The third-order valence-electron chi connectivity index (χ3n) is 4.26. The van der Waals surface area contributed by atoms with Gasteiger partial charge < -0.3 is 15.4 Å². The summed E-state index contributed by atoms with van der Waals surface area (Å²) < 4.78 is 5.33. The van der Waals surface area contributed by atoms with Crippen molar-refractivity contribution in [2.24, 2.45) is 0 Å². The molecule has 2 N–H and O–H groups in total. The van der Waals surface area contributed by atoms with Crippen LogP contribution < -0.4 is 15.4 Å². The predicted octanol–water partition coefficient (Wildman–Crippen LogP) is 3.97. The van der Waals surface area contributed by atoms with Gasteiger partial charge in [-0.1, -0.05) is 36.4 Å². The lowest BCUT2D eigenvalue weighted by Gasteiger charge is -2.12. The second-order valence-electron chi connectivity index (χ2n) is 6.18. The van der Waals surface area contributed by atoms with Crippen LogP contribution in [0.15, 0.2) is 54.9 Å². The number of rotatable bonds is 6. The molecule has 6 nitrogen and oxygen atoms in total. The molecule has 3 aromatic rings. The summed E-state index contributed by atoms with van der Waals surface area (Å²) in [5, 5.41) is 6.07. The van der Waals surface area contributed by atoms with E-state index in [2.05, 4.69) is 20.6 Å². The van der Waals surface area contributed by atoms with Gasteiger partial charge in [0.15, 0.2) is 0 Å². The van der Waals surface area contributed by atoms with Gasteiger partial charge in [-0.15, -0.1) is 0 Å². The Morgan fingerprint density at radius 2 is 1.67 bits per heavy atom.